The number of fused-ring (bicyclic) bond motifs is 1. The lowest BCUT2D eigenvalue weighted by molar-refractivity contribution is -0.00689. The first-order valence-electron chi connectivity index (χ1n) is 5.04. The van der Waals surface area contributed by atoms with Crippen LogP contribution in [0.15, 0.2) is 0 Å². The molecule has 5 atom stereocenters. The average molecular weight is 152 g/mol. The van der Waals surface area contributed by atoms with Crippen molar-refractivity contribution in [3.05, 3.63) is 0 Å². The fraction of sp³-hybridized carbons (Fsp3) is 1.00. The maximum Gasteiger partial charge on any atom is -0.0287 e. The largest absolute Gasteiger partial charge is 0.0622 e. The summed E-state index contributed by atoms with van der Waals surface area (Å²) in [6.07, 6.45) is 2.98. The zero-order valence-corrected chi connectivity index (χ0v) is 8.22. The maximum absolute atomic E-state index is 2.50. The summed E-state index contributed by atoms with van der Waals surface area (Å²) in [5, 5.41) is 0. The standard InChI is InChI=1S/C11H20/c1-7-5-11(4)6-8(2)10(11)9(7)3/h7-10H,5-6H2,1-4H3. The van der Waals surface area contributed by atoms with E-state index in [9.17, 15) is 0 Å². The Morgan fingerprint density at radius 2 is 1.55 bits per heavy atom. The highest BCUT2D eigenvalue weighted by atomic mass is 14.6. The second-order valence-electron chi connectivity index (χ2n) is 5.40. The van der Waals surface area contributed by atoms with E-state index in [0.717, 1.165) is 29.1 Å². The number of hydrogen-bond acceptors (Lipinski definition) is 0. The zero-order valence-electron chi connectivity index (χ0n) is 8.22. The average Bonchev–Trinajstić information content (AvgIpc) is 2.00. The fourth-order valence-corrected chi connectivity index (χ4v) is 4.17. The second-order valence-corrected chi connectivity index (χ2v) is 5.40. The quantitative estimate of drug-likeness (QED) is 0.499. The molecule has 2 fully saturated rings. The summed E-state index contributed by atoms with van der Waals surface area (Å²) in [5.74, 6) is 4.04. The van der Waals surface area contributed by atoms with E-state index in [1.54, 1.807) is 0 Å². The van der Waals surface area contributed by atoms with Crippen LogP contribution in [0.4, 0.5) is 0 Å². The molecule has 0 aromatic rings. The Morgan fingerprint density at radius 1 is 1.00 bits per heavy atom. The van der Waals surface area contributed by atoms with E-state index in [4.69, 9.17) is 0 Å². The Labute approximate surface area is 70.4 Å². The lowest BCUT2D eigenvalue weighted by Crippen LogP contribution is -2.42. The molecular formula is C11H20. The van der Waals surface area contributed by atoms with Gasteiger partial charge in [0.2, 0.25) is 0 Å². The van der Waals surface area contributed by atoms with Gasteiger partial charge in [-0.3, -0.25) is 0 Å². The van der Waals surface area contributed by atoms with Crippen LogP contribution < -0.4 is 0 Å². The van der Waals surface area contributed by atoms with Crippen LogP contribution in [-0.2, 0) is 0 Å². The van der Waals surface area contributed by atoms with Gasteiger partial charge < -0.3 is 0 Å². The summed E-state index contributed by atoms with van der Waals surface area (Å²) in [7, 11) is 0. The van der Waals surface area contributed by atoms with Crippen LogP contribution in [0.1, 0.15) is 40.5 Å². The molecule has 0 spiro atoms. The first-order valence-corrected chi connectivity index (χ1v) is 5.04. The molecule has 2 saturated carbocycles. The Morgan fingerprint density at radius 3 is 1.91 bits per heavy atom. The molecule has 0 N–H and O–H groups in total. The van der Waals surface area contributed by atoms with Crippen LogP contribution in [-0.4, -0.2) is 0 Å². The molecule has 0 heteroatoms. The second kappa shape index (κ2) is 2.02. The molecule has 2 aliphatic rings. The van der Waals surface area contributed by atoms with E-state index >= 15 is 0 Å². The lowest BCUT2D eigenvalue weighted by atomic mass is 9.55. The molecule has 0 aliphatic heterocycles. The molecule has 0 aromatic heterocycles. The Kier molecular flexibility index (Phi) is 1.41. The van der Waals surface area contributed by atoms with E-state index in [-0.39, 0.29) is 0 Å². The Balaban J connectivity index is 2.19. The molecule has 0 radical (unpaired) electrons. The van der Waals surface area contributed by atoms with Gasteiger partial charge in [-0.2, -0.15) is 0 Å². The highest BCUT2D eigenvalue weighted by Crippen LogP contribution is 2.64. The van der Waals surface area contributed by atoms with Gasteiger partial charge in [-0.05, 0) is 41.9 Å². The number of hydrogen-bond donors (Lipinski definition) is 0. The van der Waals surface area contributed by atoms with E-state index in [2.05, 4.69) is 27.7 Å². The molecule has 0 bridgehead atoms. The van der Waals surface area contributed by atoms with Crippen molar-refractivity contribution in [3.8, 4) is 0 Å². The van der Waals surface area contributed by atoms with Crippen LogP contribution >= 0.6 is 0 Å². The molecule has 2 aliphatic carbocycles. The van der Waals surface area contributed by atoms with Gasteiger partial charge in [0.05, 0.1) is 0 Å². The van der Waals surface area contributed by atoms with Gasteiger partial charge in [-0.15, -0.1) is 0 Å². The van der Waals surface area contributed by atoms with Crippen molar-refractivity contribution in [2.45, 2.75) is 40.5 Å². The van der Waals surface area contributed by atoms with Gasteiger partial charge in [0.25, 0.3) is 0 Å². The van der Waals surface area contributed by atoms with Gasteiger partial charge in [0, 0.05) is 0 Å². The normalized spacial score (nSPS) is 62.2. The van der Waals surface area contributed by atoms with Crippen LogP contribution in [0.2, 0.25) is 0 Å². The van der Waals surface area contributed by atoms with Crippen molar-refractivity contribution < 1.29 is 0 Å². The third kappa shape index (κ3) is 0.816. The SMILES string of the molecule is CC1CC2(C)CC(C)C2C1C. The first-order chi connectivity index (χ1) is 5.04. The van der Waals surface area contributed by atoms with Gasteiger partial charge in [-0.1, -0.05) is 27.7 Å². The van der Waals surface area contributed by atoms with Crippen molar-refractivity contribution >= 4 is 0 Å². The summed E-state index contributed by atoms with van der Waals surface area (Å²) < 4.78 is 0. The Bertz CT molecular complexity index is 173. The third-order valence-electron chi connectivity index (χ3n) is 4.46. The van der Waals surface area contributed by atoms with Crippen molar-refractivity contribution in [2.75, 3.05) is 0 Å². The van der Waals surface area contributed by atoms with Crippen molar-refractivity contribution in [3.63, 3.8) is 0 Å². The monoisotopic (exact) mass is 152 g/mol. The fourth-order valence-electron chi connectivity index (χ4n) is 4.17. The summed E-state index contributed by atoms with van der Waals surface area (Å²) in [5.41, 5.74) is 0.748. The molecule has 0 heterocycles. The highest BCUT2D eigenvalue weighted by Gasteiger charge is 2.56. The van der Waals surface area contributed by atoms with Crippen LogP contribution in [0.5, 0.6) is 0 Å². The minimum absolute atomic E-state index is 0.748. The number of rotatable bonds is 0. The molecule has 0 saturated heterocycles. The van der Waals surface area contributed by atoms with E-state index in [1.807, 2.05) is 0 Å². The smallest absolute Gasteiger partial charge is 0.0287 e. The van der Waals surface area contributed by atoms with Crippen LogP contribution in [0.25, 0.3) is 0 Å². The molecule has 0 aromatic carbocycles. The van der Waals surface area contributed by atoms with Gasteiger partial charge in [0.1, 0.15) is 0 Å². The zero-order chi connectivity index (χ0) is 8.22. The first kappa shape index (κ1) is 7.64. The molecule has 0 nitrogen and oxygen atoms in total. The third-order valence-corrected chi connectivity index (χ3v) is 4.46. The lowest BCUT2D eigenvalue weighted by Gasteiger charge is -2.50. The minimum Gasteiger partial charge on any atom is -0.0622 e. The van der Waals surface area contributed by atoms with Crippen LogP contribution in [0, 0.1) is 29.1 Å². The maximum atomic E-state index is 2.50. The molecule has 5 unspecified atom stereocenters. The highest BCUT2D eigenvalue weighted by molar-refractivity contribution is 5.05. The van der Waals surface area contributed by atoms with E-state index in [0.29, 0.717) is 0 Å². The molecule has 64 valence electrons. The molecular weight excluding hydrogens is 132 g/mol. The van der Waals surface area contributed by atoms with Crippen LogP contribution in [0.3, 0.4) is 0 Å². The summed E-state index contributed by atoms with van der Waals surface area (Å²) in [6.45, 7) is 9.82. The van der Waals surface area contributed by atoms with E-state index in [1.165, 1.54) is 12.8 Å². The molecule has 2 rings (SSSR count). The van der Waals surface area contributed by atoms with Gasteiger partial charge in [0.15, 0.2) is 0 Å². The molecule has 0 amide bonds. The minimum atomic E-state index is 0.748. The topological polar surface area (TPSA) is 0 Å². The summed E-state index contributed by atoms with van der Waals surface area (Å²) >= 11 is 0. The van der Waals surface area contributed by atoms with E-state index < -0.39 is 0 Å². The molecule has 11 heavy (non-hydrogen) atoms. The summed E-state index contributed by atoms with van der Waals surface area (Å²) in [4.78, 5) is 0. The predicted molar refractivity (Wildman–Crippen MR) is 48.3 cm³/mol. The van der Waals surface area contributed by atoms with Crippen molar-refractivity contribution in [1.82, 2.24) is 0 Å². The van der Waals surface area contributed by atoms with Gasteiger partial charge >= 0.3 is 0 Å². The predicted octanol–water partition coefficient (Wildman–Crippen LogP) is 3.32. The van der Waals surface area contributed by atoms with Crippen molar-refractivity contribution in [1.29, 1.82) is 0 Å². The Hall–Kier alpha value is 0. The van der Waals surface area contributed by atoms with Crippen molar-refractivity contribution in [2.24, 2.45) is 29.1 Å². The summed E-state index contributed by atoms with van der Waals surface area (Å²) in [6, 6.07) is 0. The van der Waals surface area contributed by atoms with Gasteiger partial charge in [-0.25, -0.2) is 0 Å².